The molecule has 0 aromatic heterocycles. The minimum atomic E-state index is -0.722. The predicted molar refractivity (Wildman–Crippen MR) is 62.3 cm³/mol. The van der Waals surface area contributed by atoms with Crippen LogP contribution in [0.25, 0.3) is 0 Å². The van der Waals surface area contributed by atoms with E-state index in [-0.39, 0.29) is 5.78 Å². The van der Waals surface area contributed by atoms with Crippen LogP contribution in [0.15, 0.2) is 30.3 Å². The number of carbonyl (C=O) groups excluding carboxylic acids is 2. The van der Waals surface area contributed by atoms with Crippen LogP contribution in [0.2, 0.25) is 0 Å². The number of benzene rings is 1. The lowest BCUT2D eigenvalue weighted by molar-refractivity contribution is -0.148. The second-order valence-electron chi connectivity index (χ2n) is 4.10. The average molecular weight is 233 g/mol. The summed E-state index contributed by atoms with van der Waals surface area (Å²) in [6.45, 7) is 1.22. The zero-order chi connectivity index (χ0) is 12.3. The van der Waals surface area contributed by atoms with Crippen molar-refractivity contribution in [2.24, 2.45) is 0 Å². The summed E-state index contributed by atoms with van der Waals surface area (Å²) in [4.78, 5) is 25.0. The number of Topliss-reactive ketones (excluding diaryl/α,β-unsaturated/α-hetero) is 1. The number of hydrogen-bond donors (Lipinski definition) is 0. The standard InChI is InChI=1S/C13H15NO3/c1-17-13(16)12-11(15)7-8-14(12)9-10-5-3-2-4-6-10/h2-6,12H,7-9H2,1H3. The fourth-order valence-electron chi connectivity index (χ4n) is 2.10. The molecule has 90 valence electrons. The molecule has 0 saturated carbocycles. The molecule has 0 bridgehead atoms. The van der Waals surface area contributed by atoms with Gasteiger partial charge in [0, 0.05) is 19.5 Å². The molecule has 1 aromatic rings. The Hall–Kier alpha value is -1.68. The summed E-state index contributed by atoms with van der Waals surface area (Å²) in [5, 5.41) is 0. The van der Waals surface area contributed by atoms with Gasteiger partial charge in [0.25, 0.3) is 0 Å². The molecule has 4 heteroatoms. The zero-order valence-corrected chi connectivity index (χ0v) is 9.76. The van der Waals surface area contributed by atoms with Crippen LogP contribution in [0.1, 0.15) is 12.0 Å². The first-order chi connectivity index (χ1) is 8.22. The highest BCUT2D eigenvalue weighted by Gasteiger charge is 2.38. The summed E-state index contributed by atoms with van der Waals surface area (Å²) in [7, 11) is 1.31. The van der Waals surface area contributed by atoms with Crippen LogP contribution in [0.5, 0.6) is 0 Å². The fourth-order valence-corrected chi connectivity index (χ4v) is 2.10. The summed E-state index contributed by atoms with van der Waals surface area (Å²) in [5.41, 5.74) is 1.09. The van der Waals surface area contributed by atoms with Gasteiger partial charge in [0.05, 0.1) is 7.11 Å². The number of ether oxygens (including phenoxy) is 1. The van der Waals surface area contributed by atoms with E-state index in [0.29, 0.717) is 19.5 Å². The molecule has 1 aromatic carbocycles. The number of carbonyl (C=O) groups is 2. The second kappa shape index (κ2) is 5.10. The highest BCUT2D eigenvalue weighted by Crippen LogP contribution is 2.18. The van der Waals surface area contributed by atoms with Crippen LogP contribution in [0.3, 0.4) is 0 Å². The second-order valence-corrected chi connectivity index (χ2v) is 4.10. The number of likely N-dealkylation sites (tertiary alicyclic amines) is 1. The van der Waals surface area contributed by atoms with Gasteiger partial charge in [-0.15, -0.1) is 0 Å². The normalized spacial score (nSPS) is 20.5. The first-order valence-electron chi connectivity index (χ1n) is 5.61. The van der Waals surface area contributed by atoms with E-state index in [1.807, 2.05) is 35.2 Å². The molecule has 1 aliphatic heterocycles. The molecule has 0 N–H and O–H groups in total. The van der Waals surface area contributed by atoms with Gasteiger partial charge in [0.1, 0.15) is 0 Å². The zero-order valence-electron chi connectivity index (χ0n) is 9.76. The van der Waals surface area contributed by atoms with Gasteiger partial charge in [-0.05, 0) is 5.56 Å². The highest BCUT2D eigenvalue weighted by atomic mass is 16.5. The molecule has 0 spiro atoms. The Labute approximate surface area is 100 Å². The van der Waals surface area contributed by atoms with Crippen molar-refractivity contribution in [3.05, 3.63) is 35.9 Å². The Kier molecular flexibility index (Phi) is 3.54. The number of rotatable bonds is 3. The summed E-state index contributed by atoms with van der Waals surface area (Å²) < 4.78 is 4.67. The third-order valence-electron chi connectivity index (χ3n) is 2.97. The molecule has 1 aliphatic rings. The topological polar surface area (TPSA) is 46.6 Å². The van der Waals surface area contributed by atoms with Crippen LogP contribution in [-0.2, 0) is 20.9 Å². The van der Waals surface area contributed by atoms with E-state index in [4.69, 9.17) is 0 Å². The van der Waals surface area contributed by atoms with E-state index in [9.17, 15) is 9.59 Å². The van der Waals surface area contributed by atoms with Gasteiger partial charge in [-0.3, -0.25) is 9.69 Å². The number of hydrogen-bond acceptors (Lipinski definition) is 4. The van der Waals surface area contributed by atoms with Gasteiger partial charge in [-0.25, -0.2) is 4.79 Å². The van der Waals surface area contributed by atoms with Crippen molar-refractivity contribution >= 4 is 11.8 Å². The SMILES string of the molecule is COC(=O)C1C(=O)CCN1Cc1ccccc1. The molecule has 2 rings (SSSR count). The fraction of sp³-hybridized carbons (Fsp3) is 0.385. The van der Waals surface area contributed by atoms with E-state index in [2.05, 4.69) is 4.74 Å². The Balaban J connectivity index is 2.10. The van der Waals surface area contributed by atoms with Crippen LogP contribution < -0.4 is 0 Å². The van der Waals surface area contributed by atoms with Crippen molar-refractivity contribution in [2.75, 3.05) is 13.7 Å². The molecule has 1 unspecified atom stereocenters. The lowest BCUT2D eigenvalue weighted by atomic mass is 10.1. The molecule has 4 nitrogen and oxygen atoms in total. The molecule has 0 aliphatic carbocycles. The van der Waals surface area contributed by atoms with Crippen LogP contribution >= 0.6 is 0 Å². The Bertz CT molecular complexity index is 416. The third-order valence-corrected chi connectivity index (χ3v) is 2.97. The highest BCUT2D eigenvalue weighted by molar-refractivity contribution is 6.04. The number of esters is 1. The first-order valence-corrected chi connectivity index (χ1v) is 5.61. The number of methoxy groups -OCH3 is 1. The molecule has 1 fully saturated rings. The molecule has 1 heterocycles. The predicted octanol–water partition coefficient (Wildman–Crippen LogP) is 1.00. The van der Waals surface area contributed by atoms with Crippen molar-refractivity contribution in [2.45, 2.75) is 19.0 Å². The summed E-state index contributed by atoms with van der Waals surface area (Å²) in [6.07, 6.45) is 0.423. The van der Waals surface area contributed by atoms with Crippen molar-refractivity contribution < 1.29 is 14.3 Å². The van der Waals surface area contributed by atoms with E-state index in [0.717, 1.165) is 5.56 Å². The Morgan fingerprint density at radius 3 is 2.76 bits per heavy atom. The third kappa shape index (κ3) is 2.53. The summed E-state index contributed by atoms with van der Waals surface area (Å²) >= 11 is 0. The summed E-state index contributed by atoms with van der Waals surface area (Å²) in [6, 6.07) is 9.08. The maximum Gasteiger partial charge on any atom is 0.330 e. The summed E-state index contributed by atoms with van der Waals surface area (Å²) in [5.74, 6) is -0.504. The van der Waals surface area contributed by atoms with E-state index < -0.39 is 12.0 Å². The van der Waals surface area contributed by atoms with Crippen molar-refractivity contribution in [3.63, 3.8) is 0 Å². The van der Waals surface area contributed by atoms with Crippen molar-refractivity contribution in [1.82, 2.24) is 4.90 Å². The molecule has 0 amide bonds. The van der Waals surface area contributed by atoms with E-state index >= 15 is 0 Å². The molecular formula is C13H15NO3. The Morgan fingerprint density at radius 1 is 1.41 bits per heavy atom. The Morgan fingerprint density at radius 2 is 2.12 bits per heavy atom. The first kappa shape index (κ1) is 11.8. The average Bonchev–Trinajstić information content (AvgIpc) is 2.71. The quantitative estimate of drug-likeness (QED) is 0.577. The molecule has 1 atom stereocenters. The van der Waals surface area contributed by atoms with Crippen LogP contribution in [-0.4, -0.2) is 36.3 Å². The minimum Gasteiger partial charge on any atom is -0.468 e. The number of ketones is 1. The maximum atomic E-state index is 11.6. The van der Waals surface area contributed by atoms with Crippen molar-refractivity contribution in [3.8, 4) is 0 Å². The molecule has 17 heavy (non-hydrogen) atoms. The minimum absolute atomic E-state index is 0.0484. The van der Waals surface area contributed by atoms with Crippen LogP contribution in [0, 0.1) is 0 Å². The van der Waals surface area contributed by atoms with E-state index in [1.54, 1.807) is 0 Å². The van der Waals surface area contributed by atoms with Gasteiger partial charge < -0.3 is 4.74 Å². The lowest BCUT2D eigenvalue weighted by Crippen LogP contribution is -2.40. The molecule has 1 saturated heterocycles. The largest absolute Gasteiger partial charge is 0.468 e. The van der Waals surface area contributed by atoms with Gasteiger partial charge in [-0.1, -0.05) is 30.3 Å². The molecular weight excluding hydrogens is 218 g/mol. The van der Waals surface area contributed by atoms with Gasteiger partial charge in [-0.2, -0.15) is 0 Å². The lowest BCUT2D eigenvalue weighted by Gasteiger charge is -2.20. The monoisotopic (exact) mass is 233 g/mol. The van der Waals surface area contributed by atoms with Gasteiger partial charge in [0.15, 0.2) is 11.8 Å². The van der Waals surface area contributed by atoms with E-state index in [1.165, 1.54) is 7.11 Å². The maximum absolute atomic E-state index is 11.6. The number of nitrogens with zero attached hydrogens (tertiary/aromatic N) is 1. The smallest absolute Gasteiger partial charge is 0.330 e. The van der Waals surface area contributed by atoms with Gasteiger partial charge >= 0.3 is 5.97 Å². The van der Waals surface area contributed by atoms with Gasteiger partial charge in [0.2, 0.25) is 0 Å². The van der Waals surface area contributed by atoms with Crippen molar-refractivity contribution in [1.29, 1.82) is 0 Å². The van der Waals surface area contributed by atoms with Crippen LogP contribution in [0.4, 0.5) is 0 Å². The molecule has 0 radical (unpaired) electrons.